The maximum absolute atomic E-state index is 12.5. The lowest BCUT2D eigenvalue weighted by Gasteiger charge is -2.31. The molecule has 0 radical (unpaired) electrons. The number of hydrogen-bond acceptors (Lipinski definition) is 5. The molecule has 1 saturated heterocycles. The van der Waals surface area contributed by atoms with Gasteiger partial charge in [-0.1, -0.05) is 0 Å². The summed E-state index contributed by atoms with van der Waals surface area (Å²) < 4.78 is 5.09. The Bertz CT molecular complexity index is 649. The monoisotopic (exact) mass is 332 g/mol. The van der Waals surface area contributed by atoms with Crippen LogP contribution in [0.1, 0.15) is 29.6 Å². The summed E-state index contributed by atoms with van der Waals surface area (Å²) in [6.45, 7) is 0.985. The van der Waals surface area contributed by atoms with Crippen LogP contribution in [0.15, 0.2) is 24.3 Å². The highest BCUT2D eigenvalue weighted by molar-refractivity contribution is 5.98. The first kappa shape index (κ1) is 16.4. The minimum atomic E-state index is -0.712. The van der Waals surface area contributed by atoms with Crippen LogP contribution in [0, 0.1) is 22.0 Å². The molecule has 0 unspecified atom stereocenters. The van der Waals surface area contributed by atoms with Gasteiger partial charge in [0.05, 0.1) is 7.11 Å². The van der Waals surface area contributed by atoms with Gasteiger partial charge >= 0.3 is 0 Å². The van der Waals surface area contributed by atoms with Gasteiger partial charge in [-0.2, -0.15) is 0 Å². The molecule has 1 aliphatic carbocycles. The van der Waals surface area contributed by atoms with Crippen molar-refractivity contribution < 1.29 is 19.2 Å². The zero-order valence-electron chi connectivity index (χ0n) is 13.5. The summed E-state index contributed by atoms with van der Waals surface area (Å²) in [5.74, 6) is 0.0879. The zero-order chi connectivity index (χ0) is 17.3. The van der Waals surface area contributed by atoms with Gasteiger partial charge in [-0.3, -0.25) is 19.7 Å². The minimum Gasteiger partial charge on any atom is -0.497 e. The summed E-state index contributed by atoms with van der Waals surface area (Å²) in [6, 6.07) is 6.32. The number of rotatable bonds is 5. The summed E-state index contributed by atoms with van der Waals surface area (Å²) in [6.07, 6.45) is 1.55. The van der Waals surface area contributed by atoms with Crippen molar-refractivity contribution in [1.29, 1.82) is 0 Å². The molecule has 2 aliphatic rings. The zero-order valence-corrected chi connectivity index (χ0v) is 13.5. The Balaban J connectivity index is 1.54. The van der Waals surface area contributed by atoms with Gasteiger partial charge in [-0.15, -0.1) is 0 Å². The fraction of sp³-hybridized carbons (Fsp3) is 0.529. The number of carbonyl (C=O) groups excluding carboxylic acids is 2. The van der Waals surface area contributed by atoms with Crippen LogP contribution in [0.25, 0.3) is 0 Å². The van der Waals surface area contributed by atoms with E-state index in [4.69, 9.17) is 4.74 Å². The molecule has 2 fully saturated rings. The van der Waals surface area contributed by atoms with Crippen molar-refractivity contribution in [1.82, 2.24) is 4.90 Å². The van der Waals surface area contributed by atoms with Gasteiger partial charge in [0.15, 0.2) is 5.78 Å². The molecule has 24 heavy (non-hydrogen) atoms. The molecule has 0 spiro atoms. The van der Waals surface area contributed by atoms with Gasteiger partial charge < -0.3 is 9.64 Å². The molecule has 3 rings (SSSR count). The van der Waals surface area contributed by atoms with Crippen LogP contribution in [-0.4, -0.2) is 47.8 Å². The van der Waals surface area contributed by atoms with Crippen LogP contribution in [0.2, 0.25) is 0 Å². The third kappa shape index (κ3) is 3.25. The van der Waals surface area contributed by atoms with E-state index < -0.39 is 12.0 Å². The fourth-order valence-corrected chi connectivity index (χ4v) is 3.27. The highest BCUT2D eigenvalue weighted by Crippen LogP contribution is 2.36. The molecule has 1 aromatic rings. The number of benzene rings is 1. The number of nitro groups is 1. The lowest BCUT2D eigenvalue weighted by atomic mass is 9.88. The highest BCUT2D eigenvalue weighted by atomic mass is 16.6. The first-order valence-corrected chi connectivity index (χ1v) is 8.12. The third-order valence-electron chi connectivity index (χ3n) is 4.90. The van der Waals surface area contributed by atoms with E-state index >= 15 is 0 Å². The third-order valence-corrected chi connectivity index (χ3v) is 4.90. The van der Waals surface area contributed by atoms with Crippen LogP contribution in [-0.2, 0) is 4.79 Å². The number of Topliss-reactive ketones (excluding diaryl/α,β-unsaturated/α-hetero) is 1. The van der Waals surface area contributed by atoms with Gasteiger partial charge in [0, 0.05) is 35.9 Å². The van der Waals surface area contributed by atoms with Crippen molar-refractivity contribution in [2.75, 3.05) is 20.2 Å². The van der Waals surface area contributed by atoms with Gasteiger partial charge in [0.2, 0.25) is 11.9 Å². The molecule has 7 heteroatoms. The average Bonchev–Trinajstić information content (AvgIpc) is 3.42. The Hall–Kier alpha value is -2.44. The molecule has 2 atom stereocenters. The Kier molecular flexibility index (Phi) is 4.51. The van der Waals surface area contributed by atoms with Gasteiger partial charge in [-0.25, -0.2) is 0 Å². The SMILES string of the molecule is COc1ccc(C(=O)C2CCN(C(=O)[C@@H]3C[C@H]3[N+](=O)[O-])CC2)cc1. The van der Waals surface area contributed by atoms with E-state index in [0.29, 0.717) is 43.7 Å². The van der Waals surface area contributed by atoms with Crippen LogP contribution < -0.4 is 4.74 Å². The van der Waals surface area contributed by atoms with E-state index in [1.807, 2.05) is 0 Å². The Labute approximate surface area is 139 Å². The summed E-state index contributed by atoms with van der Waals surface area (Å²) >= 11 is 0. The maximum atomic E-state index is 12.5. The summed E-state index contributed by atoms with van der Waals surface area (Å²) in [7, 11) is 1.58. The molecule has 1 heterocycles. The number of likely N-dealkylation sites (tertiary alicyclic amines) is 1. The molecular weight excluding hydrogens is 312 g/mol. The number of methoxy groups -OCH3 is 1. The second-order valence-electron chi connectivity index (χ2n) is 6.39. The molecule has 7 nitrogen and oxygen atoms in total. The van der Waals surface area contributed by atoms with Crippen molar-refractivity contribution in [3.8, 4) is 5.75 Å². The molecule has 1 saturated carbocycles. The Morgan fingerprint density at radius 2 is 1.83 bits per heavy atom. The lowest BCUT2D eigenvalue weighted by molar-refractivity contribution is -0.497. The molecular formula is C17H20N2O5. The second-order valence-corrected chi connectivity index (χ2v) is 6.39. The average molecular weight is 332 g/mol. The number of nitrogens with zero attached hydrogens (tertiary/aromatic N) is 2. The standard InChI is InChI=1S/C17H20N2O5/c1-24-13-4-2-11(3-5-13)16(20)12-6-8-18(9-7-12)17(21)14-10-15(14)19(22)23/h2-5,12,14-15H,6-10H2,1H3/t14-,15-/m1/s1. The van der Waals surface area contributed by atoms with Crippen molar-refractivity contribution in [2.24, 2.45) is 11.8 Å². The Morgan fingerprint density at radius 3 is 2.33 bits per heavy atom. The van der Waals surface area contributed by atoms with E-state index in [0.717, 1.165) is 0 Å². The van der Waals surface area contributed by atoms with Crippen LogP contribution in [0.3, 0.4) is 0 Å². The minimum absolute atomic E-state index is 0.0827. The summed E-state index contributed by atoms with van der Waals surface area (Å²) in [4.78, 5) is 36.7. The number of piperidine rings is 1. The van der Waals surface area contributed by atoms with Crippen molar-refractivity contribution in [3.05, 3.63) is 39.9 Å². The predicted molar refractivity (Wildman–Crippen MR) is 85.5 cm³/mol. The maximum Gasteiger partial charge on any atom is 0.232 e. The second kappa shape index (κ2) is 6.59. The van der Waals surface area contributed by atoms with E-state index in [2.05, 4.69) is 0 Å². The molecule has 128 valence electrons. The van der Waals surface area contributed by atoms with E-state index in [9.17, 15) is 19.7 Å². The van der Waals surface area contributed by atoms with E-state index in [1.54, 1.807) is 36.3 Å². The quantitative estimate of drug-likeness (QED) is 0.466. The first-order chi connectivity index (χ1) is 11.5. The predicted octanol–water partition coefficient (Wildman–Crippen LogP) is 1.78. The molecule has 0 N–H and O–H groups in total. The molecule has 1 aliphatic heterocycles. The highest BCUT2D eigenvalue weighted by Gasteiger charge is 2.54. The smallest absolute Gasteiger partial charge is 0.232 e. The number of hydrogen-bond donors (Lipinski definition) is 0. The van der Waals surface area contributed by atoms with E-state index in [1.165, 1.54) is 0 Å². The van der Waals surface area contributed by atoms with Crippen LogP contribution in [0.5, 0.6) is 5.75 Å². The molecule has 1 aromatic carbocycles. The molecule has 1 amide bonds. The summed E-state index contributed by atoms with van der Waals surface area (Å²) in [5.41, 5.74) is 0.649. The lowest BCUT2D eigenvalue weighted by Crippen LogP contribution is -2.41. The molecule has 0 aromatic heterocycles. The van der Waals surface area contributed by atoms with Crippen molar-refractivity contribution >= 4 is 11.7 Å². The topological polar surface area (TPSA) is 89.8 Å². The Morgan fingerprint density at radius 1 is 1.21 bits per heavy atom. The first-order valence-electron chi connectivity index (χ1n) is 8.12. The van der Waals surface area contributed by atoms with Gasteiger partial charge in [-0.05, 0) is 37.1 Å². The van der Waals surface area contributed by atoms with Crippen molar-refractivity contribution in [2.45, 2.75) is 25.3 Å². The molecule has 0 bridgehead atoms. The van der Waals surface area contributed by atoms with E-state index in [-0.39, 0.29) is 22.5 Å². The number of amides is 1. The van der Waals surface area contributed by atoms with Gasteiger partial charge in [0.1, 0.15) is 11.7 Å². The fourth-order valence-electron chi connectivity index (χ4n) is 3.27. The van der Waals surface area contributed by atoms with Crippen molar-refractivity contribution in [3.63, 3.8) is 0 Å². The number of carbonyl (C=O) groups is 2. The summed E-state index contributed by atoms with van der Waals surface area (Å²) in [5, 5.41) is 10.7. The number of ketones is 1. The largest absolute Gasteiger partial charge is 0.497 e. The van der Waals surface area contributed by atoms with Crippen LogP contribution >= 0.6 is 0 Å². The van der Waals surface area contributed by atoms with Crippen LogP contribution in [0.4, 0.5) is 0 Å². The van der Waals surface area contributed by atoms with Gasteiger partial charge in [0.25, 0.3) is 0 Å². The number of ether oxygens (including phenoxy) is 1. The normalized spacial score (nSPS) is 23.6.